The van der Waals surface area contributed by atoms with Crippen molar-refractivity contribution in [3.8, 4) is 22.5 Å². The second-order valence-electron chi connectivity index (χ2n) is 9.03. The van der Waals surface area contributed by atoms with Gasteiger partial charge in [-0.25, -0.2) is 4.98 Å². The molecule has 0 spiro atoms. The summed E-state index contributed by atoms with van der Waals surface area (Å²) in [6.45, 7) is 1.56. The standard InChI is InChI=1S/C32H27N5/c1-4-12-24(13-5-1)22-37-23-27(28-18-10-11-19-29(28)37)20-21-33-32-34-30(25-14-6-2-7-15-25)31(35-36-32)26-16-8-3-9-17-26/h1-19,23H,20-22H2,(H,33,34,36). The molecule has 37 heavy (non-hydrogen) atoms. The van der Waals surface area contributed by atoms with Crippen molar-refractivity contribution in [1.82, 2.24) is 19.7 Å². The molecule has 0 atom stereocenters. The van der Waals surface area contributed by atoms with Gasteiger partial charge in [-0.05, 0) is 23.6 Å². The van der Waals surface area contributed by atoms with Gasteiger partial charge in [-0.1, -0.05) is 109 Å². The van der Waals surface area contributed by atoms with Crippen LogP contribution >= 0.6 is 0 Å². The highest BCUT2D eigenvalue weighted by molar-refractivity contribution is 5.84. The maximum absolute atomic E-state index is 4.88. The summed E-state index contributed by atoms with van der Waals surface area (Å²) < 4.78 is 2.33. The van der Waals surface area contributed by atoms with Gasteiger partial charge in [0.2, 0.25) is 5.95 Å². The van der Waals surface area contributed by atoms with Crippen LogP contribution in [0.1, 0.15) is 11.1 Å². The molecule has 2 aromatic heterocycles. The average molecular weight is 482 g/mol. The lowest BCUT2D eigenvalue weighted by atomic mass is 10.0. The summed E-state index contributed by atoms with van der Waals surface area (Å²) in [4.78, 5) is 4.88. The van der Waals surface area contributed by atoms with Crippen molar-refractivity contribution in [2.45, 2.75) is 13.0 Å². The lowest BCUT2D eigenvalue weighted by Gasteiger charge is -2.10. The molecule has 6 rings (SSSR count). The SMILES string of the molecule is c1ccc(Cn2cc(CCNc3nnc(-c4ccccc4)c(-c4ccccc4)n3)c3ccccc32)cc1. The molecule has 0 aliphatic heterocycles. The zero-order chi connectivity index (χ0) is 24.9. The van der Waals surface area contributed by atoms with Crippen LogP contribution in [0.4, 0.5) is 5.95 Å². The summed E-state index contributed by atoms with van der Waals surface area (Å²) in [5.41, 5.74) is 7.46. The van der Waals surface area contributed by atoms with Gasteiger partial charge in [0.25, 0.3) is 0 Å². The number of nitrogens with zero attached hydrogens (tertiary/aromatic N) is 4. The molecule has 0 unspecified atom stereocenters. The van der Waals surface area contributed by atoms with Gasteiger partial charge in [0.1, 0.15) is 11.4 Å². The first kappa shape index (κ1) is 22.7. The highest BCUT2D eigenvalue weighted by Gasteiger charge is 2.14. The van der Waals surface area contributed by atoms with E-state index in [-0.39, 0.29) is 0 Å². The van der Waals surface area contributed by atoms with Crippen LogP contribution in [0, 0.1) is 0 Å². The molecule has 1 N–H and O–H groups in total. The van der Waals surface area contributed by atoms with Crippen molar-refractivity contribution in [1.29, 1.82) is 0 Å². The summed E-state index contributed by atoms with van der Waals surface area (Å²) in [6, 6.07) is 39.4. The Kier molecular flexibility index (Phi) is 6.41. The molecule has 5 nitrogen and oxygen atoms in total. The van der Waals surface area contributed by atoms with Crippen LogP contribution in [0.25, 0.3) is 33.4 Å². The van der Waals surface area contributed by atoms with E-state index < -0.39 is 0 Å². The normalized spacial score (nSPS) is 11.0. The first-order chi connectivity index (χ1) is 18.3. The van der Waals surface area contributed by atoms with Crippen LogP contribution in [-0.2, 0) is 13.0 Å². The molecule has 180 valence electrons. The Labute approximate surface area is 216 Å². The van der Waals surface area contributed by atoms with Crippen molar-refractivity contribution < 1.29 is 0 Å². The highest BCUT2D eigenvalue weighted by Crippen LogP contribution is 2.29. The molecule has 0 aliphatic rings. The molecular formula is C32H27N5. The van der Waals surface area contributed by atoms with Gasteiger partial charge in [-0.3, -0.25) is 0 Å². The molecule has 0 saturated heterocycles. The van der Waals surface area contributed by atoms with E-state index in [1.807, 2.05) is 48.5 Å². The van der Waals surface area contributed by atoms with Crippen molar-refractivity contribution in [2.24, 2.45) is 0 Å². The molecule has 0 aliphatic carbocycles. The molecule has 0 fully saturated rings. The molecule has 4 aromatic carbocycles. The fourth-order valence-electron chi connectivity index (χ4n) is 4.73. The third kappa shape index (κ3) is 4.98. The molecular weight excluding hydrogens is 454 g/mol. The number of anilines is 1. The summed E-state index contributed by atoms with van der Waals surface area (Å²) in [5, 5.41) is 13.7. The summed E-state index contributed by atoms with van der Waals surface area (Å²) in [6.07, 6.45) is 3.12. The smallest absolute Gasteiger partial charge is 0.243 e. The number of nitrogens with one attached hydrogen (secondary N) is 1. The summed E-state index contributed by atoms with van der Waals surface area (Å²) >= 11 is 0. The van der Waals surface area contributed by atoms with Gasteiger partial charge in [0, 0.05) is 41.3 Å². The molecule has 0 bridgehead atoms. The summed E-state index contributed by atoms with van der Waals surface area (Å²) in [5.74, 6) is 0.534. The zero-order valence-electron chi connectivity index (χ0n) is 20.5. The second-order valence-corrected chi connectivity index (χ2v) is 9.03. The fraction of sp³-hybridized carbons (Fsp3) is 0.0938. The third-order valence-electron chi connectivity index (χ3n) is 6.53. The first-order valence-corrected chi connectivity index (χ1v) is 12.6. The van der Waals surface area contributed by atoms with E-state index >= 15 is 0 Å². The van der Waals surface area contributed by atoms with E-state index in [4.69, 9.17) is 4.98 Å². The zero-order valence-corrected chi connectivity index (χ0v) is 20.5. The Morgan fingerprint density at radius 1 is 0.622 bits per heavy atom. The van der Waals surface area contributed by atoms with Gasteiger partial charge in [0.05, 0.1) is 0 Å². The first-order valence-electron chi connectivity index (χ1n) is 12.6. The van der Waals surface area contributed by atoms with E-state index in [1.165, 1.54) is 22.0 Å². The fourth-order valence-corrected chi connectivity index (χ4v) is 4.73. The lowest BCUT2D eigenvalue weighted by molar-refractivity contribution is 0.828. The second kappa shape index (κ2) is 10.5. The topological polar surface area (TPSA) is 55.6 Å². The predicted molar refractivity (Wildman–Crippen MR) is 150 cm³/mol. The highest BCUT2D eigenvalue weighted by atomic mass is 15.2. The quantitative estimate of drug-likeness (QED) is 0.258. The minimum atomic E-state index is 0.534. The van der Waals surface area contributed by atoms with Gasteiger partial charge in [-0.15, -0.1) is 10.2 Å². The monoisotopic (exact) mass is 481 g/mol. The van der Waals surface area contributed by atoms with Gasteiger partial charge in [0.15, 0.2) is 0 Å². The Morgan fingerprint density at radius 3 is 1.97 bits per heavy atom. The van der Waals surface area contributed by atoms with Gasteiger partial charge >= 0.3 is 0 Å². The van der Waals surface area contributed by atoms with E-state index in [0.717, 1.165) is 35.5 Å². The molecule has 5 heteroatoms. The Hall–Kier alpha value is -4.77. The molecule has 6 aromatic rings. The maximum atomic E-state index is 4.88. The Balaban J connectivity index is 1.24. The van der Waals surface area contributed by atoms with Crippen LogP contribution in [0.2, 0.25) is 0 Å². The summed E-state index contributed by atoms with van der Waals surface area (Å²) in [7, 11) is 0. The van der Waals surface area contributed by atoms with Crippen LogP contribution < -0.4 is 5.32 Å². The van der Waals surface area contributed by atoms with Crippen molar-refractivity contribution in [2.75, 3.05) is 11.9 Å². The number of para-hydroxylation sites is 1. The number of benzene rings is 4. The van der Waals surface area contributed by atoms with Crippen molar-refractivity contribution in [3.63, 3.8) is 0 Å². The largest absolute Gasteiger partial charge is 0.353 e. The van der Waals surface area contributed by atoms with Crippen molar-refractivity contribution >= 4 is 16.9 Å². The van der Waals surface area contributed by atoms with E-state index in [1.54, 1.807) is 0 Å². The minimum Gasteiger partial charge on any atom is -0.353 e. The van der Waals surface area contributed by atoms with E-state index in [2.05, 4.69) is 93.0 Å². The minimum absolute atomic E-state index is 0.534. The maximum Gasteiger partial charge on any atom is 0.243 e. The van der Waals surface area contributed by atoms with E-state index in [0.29, 0.717) is 12.5 Å². The molecule has 0 radical (unpaired) electrons. The van der Waals surface area contributed by atoms with Gasteiger partial charge < -0.3 is 9.88 Å². The van der Waals surface area contributed by atoms with Crippen molar-refractivity contribution in [3.05, 3.63) is 133 Å². The van der Waals surface area contributed by atoms with Crippen LogP contribution in [0.3, 0.4) is 0 Å². The molecule has 2 heterocycles. The van der Waals surface area contributed by atoms with Crippen LogP contribution in [0.15, 0.2) is 121 Å². The van der Waals surface area contributed by atoms with Crippen LogP contribution in [-0.4, -0.2) is 26.3 Å². The Bertz CT molecular complexity index is 1610. The molecule has 0 amide bonds. The lowest BCUT2D eigenvalue weighted by Crippen LogP contribution is -2.10. The number of rotatable bonds is 8. The van der Waals surface area contributed by atoms with Gasteiger partial charge in [-0.2, -0.15) is 0 Å². The number of aromatic nitrogens is 4. The predicted octanol–water partition coefficient (Wildman–Crippen LogP) is 6.86. The number of hydrogen-bond donors (Lipinski definition) is 1. The van der Waals surface area contributed by atoms with E-state index in [9.17, 15) is 0 Å². The number of fused-ring (bicyclic) bond motifs is 1. The third-order valence-corrected chi connectivity index (χ3v) is 6.53. The Morgan fingerprint density at radius 2 is 1.24 bits per heavy atom. The molecule has 0 saturated carbocycles. The van der Waals surface area contributed by atoms with Crippen LogP contribution in [0.5, 0.6) is 0 Å². The number of hydrogen-bond acceptors (Lipinski definition) is 4. The average Bonchev–Trinajstić information content (AvgIpc) is 3.31.